The highest BCUT2D eigenvalue weighted by Gasteiger charge is 2.37. The molecule has 1 fully saturated rings. The fourth-order valence-corrected chi connectivity index (χ4v) is 5.09. The molecule has 0 bridgehead atoms. The first-order valence-corrected chi connectivity index (χ1v) is 9.34. The molecule has 1 aromatic carbocycles. The second kappa shape index (κ2) is 6.62. The van der Waals surface area contributed by atoms with Gasteiger partial charge in [-0.3, -0.25) is 4.21 Å². The van der Waals surface area contributed by atoms with Crippen LogP contribution in [0.4, 0.5) is 0 Å². The number of nitrogens with two attached hydrogens (primary N) is 1. The van der Waals surface area contributed by atoms with E-state index in [0.717, 1.165) is 12.8 Å². The van der Waals surface area contributed by atoms with E-state index in [1.165, 1.54) is 17.5 Å². The number of hydrogen-bond donors (Lipinski definition) is 1. The molecule has 1 aliphatic carbocycles. The van der Waals surface area contributed by atoms with Crippen molar-refractivity contribution in [3.63, 3.8) is 0 Å². The lowest BCUT2D eigenvalue weighted by Gasteiger charge is -2.40. The third kappa shape index (κ3) is 4.17. The van der Waals surface area contributed by atoms with Crippen molar-refractivity contribution in [3.05, 3.63) is 35.4 Å². The first-order valence-electron chi connectivity index (χ1n) is 7.96. The maximum absolute atomic E-state index is 12.8. The zero-order valence-corrected chi connectivity index (χ0v) is 14.6. The van der Waals surface area contributed by atoms with Crippen LogP contribution < -0.4 is 5.73 Å². The first-order chi connectivity index (χ1) is 9.79. The SMILES string of the molecule is Cc1ccccc1CS(=O)C1CC(C(C)(C)C)CCC1N. The predicted octanol–water partition coefficient (Wildman–Crippen LogP) is 3.79. The molecule has 4 unspecified atom stereocenters. The molecule has 1 aliphatic rings. The predicted molar refractivity (Wildman–Crippen MR) is 91.6 cm³/mol. The zero-order chi connectivity index (χ0) is 15.6. The molecule has 3 heteroatoms. The molecule has 118 valence electrons. The largest absolute Gasteiger partial charge is 0.327 e. The van der Waals surface area contributed by atoms with Gasteiger partial charge in [-0.25, -0.2) is 0 Å². The van der Waals surface area contributed by atoms with Gasteiger partial charge in [0.25, 0.3) is 0 Å². The average molecular weight is 308 g/mol. The Balaban J connectivity index is 2.08. The van der Waals surface area contributed by atoms with E-state index in [2.05, 4.69) is 39.8 Å². The van der Waals surface area contributed by atoms with Crippen LogP contribution in [0.2, 0.25) is 0 Å². The second-order valence-electron chi connectivity index (χ2n) is 7.53. The summed E-state index contributed by atoms with van der Waals surface area (Å²) >= 11 is 0. The van der Waals surface area contributed by atoms with Crippen molar-refractivity contribution >= 4 is 10.8 Å². The van der Waals surface area contributed by atoms with Crippen molar-refractivity contribution in [2.45, 2.75) is 64.0 Å². The molecule has 2 N–H and O–H groups in total. The Kier molecular flexibility index (Phi) is 5.26. The van der Waals surface area contributed by atoms with E-state index >= 15 is 0 Å². The van der Waals surface area contributed by atoms with Crippen LogP contribution in [0.25, 0.3) is 0 Å². The number of aryl methyl sites for hydroxylation is 1. The number of benzene rings is 1. The number of rotatable bonds is 3. The fraction of sp³-hybridized carbons (Fsp3) is 0.667. The lowest BCUT2D eigenvalue weighted by atomic mass is 9.71. The summed E-state index contributed by atoms with van der Waals surface area (Å²) in [5.74, 6) is 1.27. The van der Waals surface area contributed by atoms with Gasteiger partial charge in [0.15, 0.2) is 0 Å². The van der Waals surface area contributed by atoms with Crippen molar-refractivity contribution in [3.8, 4) is 0 Å². The first kappa shape index (κ1) is 16.7. The van der Waals surface area contributed by atoms with Gasteiger partial charge in [-0.05, 0) is 48.6 Å². The lowest BCUT2D eigenvalue weighted by Crippen LogP contribution is -2.45. The molecule has 0 amide bonds. The van der Waals surface area contributed by atoms with Gasteiger partial charge in [0.2, 0.25) is 0 Å². The van der Waals surface area contributed by atoms with Gasteiger partial charge < -0.3 is 5.73 Å². The highest BCUT2D eigenvalue weighted by atomic mass is 32.2. The van der Waals surface area contributed by atoms with Crippen LogP contribution in [-0.2, 0) is 16.6 Å². The Hall–Kier alpha value is -0.670. The molecule has 1 saturated carbocycles. The van der Waals surface area contributed by atoms with Crippen LogP contribution in [0, 0.1) is 18.3 Å². The molecule has 2 nitrogen and oxygen atoms in total. The molecule has 2 rings (SSSR count). The van der Waals surface area contributed by atoms with Crippen molar-refractivity contribution < 1.29 is 4.21 Å². The molecule has 1 aromatic rings. The monoisotopic (exact) mass is 307 g/mol. The summed E-state index contributed by atoms with van der Waals surface area (Å²) in [6, 6.07) is 8.32. The minimum atomic E-state index is -0.878. The third-order valence-electron chi connectivity index (χ3n) is 4.96. The van der Waals surface area contributed by atoms with Gasteiger partial charge in [0.05, 0.1) is 5.25 Å². The van der Waals surface area contributed by atoms with E-state index < -0.39 is 10.8 Å². The van der Waals surface area contributed by atoms with E-state index in [0.29, 0.717) is 11.7 Å². The Bertz CT molecular complexity index is 506. The summed E-state index contributed by atoms with van der Waals surface area (Å²) in [6.07, 6.45) is 3.18. The van der Waals surface area contributed by atoms with Crippen LogP contribution in [-0.4, -0.2) is 15.5 Å². The van der Waals surface area contributed by atoms with Crippen LogP contribution in [0.5, 0.6) is 0 Å². The van der Waals surface area contributed by atoms with Crippen molar-refractivity contribution in [2.75, 3.05) is 0 Å². The standard InChI is InChI=1S/C18H29NOS/c1-13-7-5-6-8-14(13)12-21(20)17-11-15(18(2,3)4)9-10-16(17)19/h5-8,15-17H,9-12,19H2,1-4H3. The minimum Gasteiger partial charge on any atom is -0.327 e. The molecule has 21 heavy (non-hydrogen) atoms. The topological polar surface area (TPSA) is 43.1 Å². The van der Waals surface area contributed by atoms with Crippen molar-refractivity contribution in [2.24, 2.45) is 17.1 Å². The molecule has 4 atom stereocenters. The molecule has 0 saturated heterocycles. The highest BCUT2D eigenvalue weighted by molar-refractivity contribution is 7.84. The Morgan fingerprint density at radius 3 is 2.52 bits per heavy atom. The van der Waals surface area contributed by atoms with Gasteiger partial charge in [-0.1, -0.05) is 45.0 Å². The smallest absolute Gasteiger partial charge is 0.0505 e. The van der Waals surface area contributed by atoms with Gasteiger partial charge in [-0.15, -0.1) is 0 Å². The Labute approximate surface area is 132 Å². The summed E-state index contributed by atoms with van der Waals surface area (Å²) < 4.78 is 12.8. The summed E-state index contributed by atoms with van der Waals surface area (Å²) in [4.78, 5) is 0. The van der Waals surface area contributed by atoms with Gasteiger partial charge in [0.1, 0.15) is 0 Å². The second-order valence-corrected chi connectivity index (χ2v) is 9.19. The molecular formula is C18H29NOS. The average Bonchev–Trinajstić information content (AvgIpc) is 2.40. The van der Waals surface area contributed by atoms with E-state index in [1.807, 2.05) is 12.1 Å². The molecule has 0 spiro atoms. The fourth-order valence-electron chi connectivity index (χ4n) is 3.27. The Morgan fingerprint density at radius 2 is 1.90 bits per heavy atom. The van der Waals surface area contributed by atoms with E-state index in [-0.39, 0.29) is 16.7 Å². The molecule has 0 heterocycles. The van der Waals surface area contributed by atoms with Crippen LogP contribution in [0.1, 0.15) is 51.2 Å². The minimum absolute atomic E-state index is 0.0912. The normalized spacial score (nSPS) is 28.3. The van der Waals surface area contributed by atoms with Crippen molar-refractivity contribution in [1.29, 1.82) is 0 Å². The zero-order valence-electron chi connectivity index (χ0n) is 13.8. The van der Waals surface area contributed by atoms with E-state index in [1.54, 1.807) is 0 Å². The third-order valence-corrected chi connectivity index (χ3v) is 6.78. The summed E-state index contributed by atoms with van der Waals surface area (Å²) in [5.41, 5.74) is 8.99. The number of hydrogen-bond acceptors (Lipinski definition) is 2. The van der Waals surface area contributed by atoms with Crippen LogP contribution in [0.3, 0.4) is 0 Å². The van der Waals surface area contributed by atoms with E-state index in [4.69, 9.17) is 5.73 Å². The molecular weight excluding hydrogens is 278 g/mol. The van der Waals surface area contributed by atoms with Crippen molar-refractivity contribution in [1.82, 2.24) is 0 Å². The molecule has 0 aromatic heterocycles. The molecule has 0 radical (unpaired) electrons. The maximum Gasteiger partial charge on any atom is 0.0505 e. The highest BCUT2D eigenvalue weighted by Crippen LogP contribution is 2.39. The lowest BCUT2D eigenvalue weighted by molar-refractivity contribution is 0.173. The van der Waals surface area contributed by atoms with Crippen LogP contribution >= 0.6 is 0 Å². The summed E-state index contributed by atoms with van der Waals surface area (Å²) in [5, 5.41) is 0.141. The quantitative estimate of drug-likeness (QED) is 0.923. The van der Waals surface area contributed by atoms with Gasteiger partial charge in [-0.2, -0.15) is 0 Å². The summed E-state index contributed by atoms with van der Waals surface area (Å²) in [7, 11) is -0.878. The van der Waals surface area contributed by atoms with Gasteiger partial charge in [0, 0.05) is 22.6 Å². The molecule has 0 aliphatic heterocycles. The van der Waals surface area contributed by atoms with Crippen LogP contribution in [0.15, 0.2) is 24.3 Å². The summed E-state index contributed by atoms with van der Waals surface area (Å²) in [6.45, 7) is 8.95. The maximum atomic E-state index is 12.8. The van der Waals surface area contributed by atoms with Gasteiger partial charge >= 0.3 is 0 Å². The Morgan fingerprint density at radius 1 is 1.24 bits per heavy atom. The van der Waals surface area contributed by atoms with E-state index in [9.17, 15) is 4.21 Å².